The molecule has 2 aromatic rings. The molecule has 120 valence electrons. The molecule has 0 saturated carbocycles. The van der Waals surface area contributed by atoms with Gasteiger partial charge in [0.1, 0.15) is 5.82 Å². The van der Waals surface area contributed by atoms with Crippen LogP contribution in [0.1, 0.15) is 16.8 Å². The minimum Gasteiger partial charge on any atom is -0.340 e. The van der Waals surface area contributed by atoms with Crippen molar-refractivity contribution in [3.05, 3.63) is 52.1 Å². The zero-order valence-corrected chi connectivity index (χ0v) is 13.8. The standard InChI is InChI=1S/C16H16Cl2N4O/c17-13-4-3-11(8-14(13)18)21-15-12(2-1-6-20-15)16(23)22-7-5-10(19)9-22/h1-4,6,8,10H,5,7,9,19H2,(H,20,21)/t10-/m1/s1. The normalized spacial score (nSPS) is 17.3. The fourth-order valence-corrected chi connectivity index (χ4v) is 2.83. The van der Waals surface area contributed by atoms with E-state index < -0.39 is 0 Å². The lowest BCUT2D eigenvalue weighted by Crippen LogP contribution is -2.32. The first-order valence-electron chi connectivity index (χ1n) is 7.26. The highest BCUT2D eigenvalue weighted by Crippen LogP contribution is 2.28. The summed E-state index contributed by atoms with van der Waals surface area (Å²) < 4.78 is 0. The highest BCUT2D eigenvalue weighted by molar-refractivity contribution is 6.42. The van der Waals surface area contributed by atoms with Crippen LogP contribution in [0.25, 0.3) is 0 Å². The number of nitrogens with zero attached hydrogens (tertiary/aromatic N) is 2. The number of pyridine rings is 1. The molecule has 3 N–H and O–H groups in total. The van der Waals surface area contributed by atoms with E-state index in [1.807, 2.05) is 0 Å². The Labute approximate surface area is 144 Å². The van der Waals surface area contributed by atoms with Crippen molar-refractivity contribution in [2.75, 3.05) is 18.4 Å². The molecular formula is C16H16Cl2N4O. The van der Waals surface area contributed by atoms with Crippen molar-refractivity contribution in [2.45, 2.75) is 12.5 Å². The van der Waals surface area contributed by atoms with E-state index >= 15 is 0 Å². The molecular weight excluding hydrogens is 335 g/mol. The first-order valence-corrected chi connectivity index (χ1v) is 8.02. The van der Waals surface area contributed by atoms with Crippen LogP contribution in [0.5, 0.6) is 0 Å². The molecule has 23 heavy (non-hydrogen) atoms. The predicted molar refractivity (Wildman–Crippen MR) is 92.5 cm³/mol. The van der Waals surface area contributed by atoms with Gasteiger partial charge in [-0.25, -0.2) is 4.98 Å². The molecule has 0 spiro atoms. The summed E-state index contributed by atoms with van der Waals surface area (Å²) in [4.78, 5) is 18.7. The molecule has 1 aliphatic heterocycles. The van der Waals surface area contributed by atoms with E-state index in [1.165, 1.54) is 0 Å². The lowest BCUT2D eigenvalue weighted by molar-refractivity contribution is 0.0791. The minimum absolute atomic E-state index is 0.0436. The van der Waals surface area contributed by atoms with Crippen molar-refractivity contribution in [1.29, 1.82) is 0 Å². The molecule has 0 radical (unpaired) electrons. The number of aromatic nitrogens is 1. The Bertz CT molecular complexity index is 738. The number of nitrogens with one attached hydrogen (secondary N) is 1. The number of hydrogen-bond acceptors (Lipinski definition) is 4. The quantitative estimate of drug-likeness (QED) is 0.890. The van der Waals surface area contributed by atoms with Crippen LogP contribution in [0.15, 0.2) is 36.5 Å². The summed E-state index contributed by atoms with van der Waals surface area (Å²) in [6.45, 7) is 1.24. The molecule has 0 aliphatic carbocycles. The number of carbonyl (C=O) groups is 1. The fourth-order valence-electron chi connectivity index (χ4n) is 2.53. The Kier molecular flexibility index (Phi) is 4.71. The van der Waals surface area contributed by atoms with Gasteiger partial charge in [-0.3, -0.25) is 4.79 Å². The van der Waals surface area contributed by atoms with Crippen LogP contribution in [0, 0.1) is 0 Å². The van der Waals surface area contributed by atoms with Gasteiger partial charge in [0.05, 0.1) is 15.6 Å². The van der Waals surface area contributed by atoms with Crippen molar-refractivity contribution >= 4 is 40.6 Å². The number of benzene rings is 1. The van der Waals surface area contributed by atoms with Gasteiger partial charge < -0.3 is 16.0 Å². The zero-order chi connectivity index (χ0) is 16.4. The fraction of sp³-hybridized carbons (Fsp3) is 0.250. The summed E-state index contributed by atoms with van der Waals surface area (Å²) in [5.74, 6) is 0.407. The molecule has 5 nitrogen and oxygen atoms in total. The minimum atomic E-state index is -0.0754. The predicted octanol–water partition coefficient (Wildman–Crippen LogP) is 3.31. The summed E-state index contributed by atoms with van der Waals surface area (Å²) in [5, 5.41) is 4.03. The molecule has 3 rings (SSSR count). The molecule has 1 fully saturated rings. The third-order valence-electron chi connectivity index (χ3n) is 3.73. The van der Waals surface area contributed by atoms with Gasteiger partial charge >= 0.3 is 0 Å². The van der Waals surface area contributed by atoms with Crippen LogP contribution in [0.3, 0.4) is 0 Å². The van der Waals surface area contributed by atoms with Crippen LogP contribution >= 0.6 is 23.2 Å². The second-order valence-electron chi connectivity index (χ2n) is 5.45. The van der Waals surface area contributed by atoms with Crippen LogP contribution in [0.4, 0.5) is 11.5 Å². The molecule has 1 saturated heterocycles. The van der Waals surface area contributed by atoms with E-state index in [0.29, 0.717) is 40.2 Å². The van der Waals surface area contributed by atoms with E-state index in [-0.39, 0.29) is 11.9 Å². The van der Waals surface area contributed by atoms with Gasteiger partial charge in [-0.05, 0) is 36.8 Å². The Balaban J connectivity index is 1.85. The van der Waals surface area contributed by atoms with Crippen molar-refractivity contribution in [1.82, 2.24) is 9.88 Å². The third kappa shape index (κ3) is 3.58. The molecule has 1 amide bonds. The second-order valence-corrected chi connectivity index (χ2v) is 6.27. The first kappa shape index (κ1) is 16.1. The van der Waals surface area contributed by atoms with Gasteiger partial charge in [0.2, 0.25) is 0 Å². The van der Waals surface area contributed by atoms with Crippen LogP contribution in [-0.2, 0) is 0 Å². The van der Waals surface area contributed by atoms with Crippen molar-refractivity contribution in [2.24, 2.45) is 5.73 Å². The van der Waals surface area contributed by atoms with Gasteiger partial charge in [-0.1, -0.05) is 23.2 Å². The maximum Gasteiger partial charge on any atom is 0.257 e. The van der Waals surface area contributed by atoms with E-state index in [0.717, 1.165) is 6.42 Å². The first-order chi connectivity index (χ1) is 11.0. The Morgan fingerprint density at radius 1 is 1.30 bits per heavy atom. The second kappa shape index (κ2) is 6.74. The average molecular weight is 351 g/mol. The van der Waals surface area contributed by atoms with Gasteiger partial charge in [0.25, 0.3) is 5.91 Å². The SMILES string of the molecule is N[C@@H]1CCN(C(=O)c2cccnc2Nc2ccc(Cl)c(Cl)c2)C1. The van der Waals surface area contributed by atoms with E-state index in [4.69, 9.17) is 28.9 Å². The van der Waals surface area contributed by atoms with Crippen molar-refractivity contribution in [3.63, 3.8) is 0 Å². The summed E-state index contributed by atoms with van der Waals surface area (Å²) in [6.07, 6.45) is 2.45. The van der Waals surface area contributed by atoms with E-state index in [2.05, 4.69) is 10.3 Å². The number of nitrogens with two attached hydrogens (primary N) is 1. The molecule has 2 heterocycles. The molecule has 1 aromatic heterocycles. The van der Waals surface area contributed by atoms with Gasteiger partial charge in [-0.2, -0.15) is 0 Å². The zero-order valence-electron chi connectivity index (χ0n) is 12.3. The largest absolute Gasteiger partial charge is 0.340 e. The number of carbonyl (C=O) groups excluding carboxylic acids is 1. The molecule has 0 bridgehead atoms. The number of hydrogen-bond donors (Lipinski definition) is 2. The van der Waals surface area contributed by atoms with Crippen molar-refractivity contribution in [3.8, 4) is 0 Å². The molecule has 1 aliphatic rings. The Morgan fingerprint density at radius 3 is 2.83 bits per heavy atom. The van der Waals surface area contributed by atoms with Gasteiger partial charge in [-0.15, -0.1) is 0 Å². The van der Waals surface area contributed by atoms with Crippen molar-refractivity contribution < 1.29 is 4.79 Å². The van der Waals surface area contributed by atoms with E-state index in [1.54, 1.807) is 41.4 Å². The Hall–Kier alpha value is -1.82. The van der Waals surface area contributed by atoms with Gasteiger partial charge in [0.15, 0.2) is 0 Å². The lowest BCUT2D eigenvalue weighted by Gasteiger charge is -2.18. The summed E-state index contributed by atoms with van der Waals surface area (Å²) in [6, 6.07) is 8.70. The van der Waals surface area contributed by atoms with Crippen LogP contribution < -0.4 is 11.1 Å². The smallest absolute Gasteiger partial charge is 0.257 e. The summed E-state index contributed by atoms with van der Waals surface area (Å²) in [7, 11) is 0. The summed E-state index contributed by atoms with van der Waals surface area (Å²) in [5.41, 5.74) is 7.10. The number of halogens is 2. The number of rotatable bonds is 3. The third-order valence-corrected chi connectivity index (χ3v) is 4.47. The molecule has 1 aromatic carbocycles. The molecule has 7 heteroatoms. The van der Waals surface area contributed by atoms with Crippen LogP contribution in [-0.4, -0.2) is 34.9 Å². The average Bonchev–Trinajstić information content (AvgIpc) is 2.97. The highest BCUT2D eigenvalue weighted by atomic mass is 35.5. The van der Waals surface area contributed by atoms with Gasteiger partial charge in [0, 0.05) is 31.0 Å². The Morgan fingerprint density at radius 2 is 2.13 bits per heavy atom. The summed E-state index contributed by atoms with van der Waals surface area (Å²) >= 11 is 11.9. The highest BCUT2D eigenvalue weighted by Gasteiger charge is 2.26. The maximum atomic E-state index is 12.7. The molecule has 0 unspecified atom stereocenters. The number of likely N-dealkylation sites (tertiary alicyclic amines) is 1. The number of anilines is 2. The van der Waals surface area contributed by atoms with Crippen LogP contribution in [0.2, 0.25) is 10.0 Å². The lowest BCUT2D eigenvalue weighted by atomic mass is 10.2. The number of amides is 1. The molecule has 1 atom stereocenters. The topological polar surface area (TPSA) is 71.2 Å². The van der Waals surface area contributed by atoms with E-state index in [9.17, 15) is 4.79 Å². The maximum absolute atomic E-state index is 12.7. The monoisotopic (exact) mass is 350 g/mol.